The van der Waals surface area contributed by atoms with Crippen LogP contribution in [0.2, 0.25) is 5.02 Å². The average molecular weight is 363 g/mol. The molecule has 0 unspecified atom stereocenters. The van der Waals surface area contributed by atoms with Gasteiger partial charge in [0.05, 0.1) is 0 Å². The van der Waals surface area contributed by atoms with E-state index in [4.69, 9.17) is 28.6 Å². The number of hydrogen-bond acceptors (Lipinski definition) is 4. The number of ether oxygens (including phenoxy) is 1. The summed E-state index contributed by atoms with van der Waals surface area (Å²) < 4.78 is 5.32. The largest absolute Gasteiger partial charge is 0.484 e. The molecule has 7 heteroatoms. The van der Waals surface area contributed by atoms with Crippen molar-refractivity contribution >= 4 is 46.3 Å². The Bertz CT molecular complexity index is 745. The number of carbonyl (C=O) groups is 2. The number of rotatable bonds is 5. The molecule has 0 atom stereocenters. The molecule has 0 heterocycles. The van der Waals surface area contributed by atoms with Gasteiger partial charge < -0.3 is 10.1 Å². The van der Waals surface area contributed by atoms with Crippen molar-refractivity contribution in [2.45, 2.75) is 6.92 Å². The lowest BCUT2D eigenvalue weighted by Gasteiger charge is -2.10. The van der Waals surface area contributed by atoms with Gasteiger partial charge in [-0.05, 0) is 67.7 Å². The molecule has 124 valence electrons. The Hall–Kier alpha value is -2.44. The third kappa shape index (κ3) is 5.64. The van der Waals surface area contributed by atoms with Crippen molar-refractivity contribution < 1.29 is 14.3 Å². The summed E-state index contributed by atoms with van der Waals surface area (Å²) in [4.78, 5) is 23.0. The van der Waals surface area contributed by atoms with E-state index in [2.05, 4.69) is 10.6 Å². The molecule has 5 nitrogen and oxygen atoms in total. The second kappa shape index (κ2) is 8.42. The third-order valence-electron chi connectivity index (χ3n) is 2.99. The highest BCUT2D eigenvalue weighted by molar-refractivity contribution is 7.80. The molecule has 0 fully saturated rings. The van der Waals surface area contributed by atoms with Crippen LogP contribution < -0.4 is 15.4 Å². The lowest BCUT2D eigenvalue weighted by atomic mass is 10.1. The van der Waals surface area contributed by atoms with Gasteiger partial charge in [-0.3, -0.25) is 14.9 Å². The number of halogens is 1. The van der Waals surface area contributed by atoms with Crippen molar-refractivity contribution in [1.82, 2.24) is 5.32 Å². The fraction of sp³-hybridized carbons (Fsp3) is 0.118. The molecule has 0 spiro atoms. The molecule has 0 saturated heterocycles. The SMILES string of the molecule is CC(=O)c1ccc(NC(=S)NC(=O)COc2ccc(Cl)cc2)cc1. The fourth-order valence-corrected chi connectivity index (χ4v) is 2.15. The highest BCUT2D eigenvalue weighted by atomic mass is 35.5. The number of amides is 1. The summed E-state index contributed by atoms with van der Waals surface area (Å²) in [6, 6.07) is 13.5. The van der Waals surface area contributed by atoms with E-state index in [0.717, 1.165) is 0 Å². The first kappa shape index (κ1) is 17.9. The van der Waals surface area contributed by atoms with Crippen LogP contribution in [0.1, 0.15) is 17.3 Å². The van der Waals surface area contributed by atoms with Crippen LogP contribution in [0.15, 0.2) is 48.5 Å². The lowest BCUT2D eigenvalue weighted by Crippen LogP contribution is -2.37. The van der Waals surface area contributed by atoms with E-state index in [1.807, 2.05) is 0 Å². The molecule has 0 aromatic heterocycles. The van der Waals surface area contributed by atoms with Gasteiger partial charge in [-0.15, -0.1) is 0 Å². The molecule has 0 saturated carbocycles. The van der Waals surface area contributed by atoms with Crippen LogP contribution in [-0.4, -0.2) is 23.4 Å². The number of hydrogen-bond donors (Lipinski definition) is 2. The molecule has 0 aliphatic carbocycles. The quantitative estimate of drug-likeness (QED) is 0.630. The maximum Gasteiger partial charge on any atom is 0.264 e. The van der Waals surface area contributed by atoms with E-state index in [1.54, 1.807) is 48.5 Å². The predicted molar refractivity (Wildman–Crippen MR) is 97.8 cm³/mol. The Morgan fingerprint density at radius 3 is 2.29 bits per heavy atom. The van der Waals surface area contributed by atoms with Crippen LogP contribution in [0.5, 0.6) is 5.75 Å². The van der Waals surface area contributed by atoms with Crippen LogP contribution >= 0.6 is 23.8 Å². The van der Waals surface area contributed by atoms with Crippen molar-refractivity contribution in [2.24, 2.45) is 0 Å². The van der Waals surface area contributed by atoms with E-state index in [-0.39, 0.29) is 23.4 Å². The minimum absolute atomic E-state index is 0.0169. The number of carbonyl (C=O) groups excluding carboxylic acids is 2. The molecule has 2 N–H and O–H groups in total. The number of ketones is 1. The molecule has 24 heavy (non-hydrogen) atoms. The highest BCUT2D eigenvalue weighted by Crippen LogP contribution is 2.15. The van der Waals surface area contributed by atoms with Gasteiger partial charge in [0.15, 0.2) is 17.5 Å². The summed E-state index contributed by atoms with van der Waals surface area (Å²) in [7, 11) is 0. The number of anilines is 1. The van der Waals surface area contributed by atoms with E-state index in [1.165, 1.54) is 6.92 Å². The van der Waals surface area contributed by atoms with Crippen LogP contribution in [0.4, 0.5) is 5.69 Å². The zero-order chi connectivity index (χ0) is 17.5. The molecular formula is C17H15ClN2O3S. The summed E-state index contributed by atoms with van der Waals surface area (Å²) in [5.41, 5.74) is 1.27. The van der Waals surface area contributed by atoms with Gasteiger partial charge in [0.1, 0.15) is 5.75 Å². The second-order valence-corrected chi connectivity index (χ2v) is 5.72. The summed E-state index contributed by atoms with van der Waals surface area (Å²) >= 11 is 10.8. The smallest absolute Gasteiger partial charge is 0.264 e. The molecular weight excluding hydrogens is 348 g/mol. The van der Waals surface area contributed by atoms with Gasteiger partial charge in [-0.25, -0.2) is 0 Å². The van der Waals surface area contributed by atoms with Crippen molar-refractivity contribution in [2.75, 3.05) is 11.9 Å². The maximum atomic E-state index is 11.8. The Kier molecular flexibility index (Phi) is 6.28. The third-order valence-corrected chi connectivity index (χ3v) is 3.44. The number of thiocarbonyl (C=S) groups is 1. The van der Waals surface area contributed by atoms with Gasteiger partial charge in [0.25, 0.3) is 5.91 Å². The normalized spacial score (nSPS) is 9.92. The Morgan fingerprint density at radius 1 is 1.08 bits per heavy atom. The van der Waals surface area contributed by atoms with Crippen molar-refractivity contribution in [3.8, 4) is 5.75 Å². The lowest BCUT2D eigenvalue weighted by molar-refractivity contribution is -0.121. The zero-order valence-electron chi connectivity index (χ0n) is 12.8. The van der Waals surface area contributed by atoms with Gasteiger partial charge >= 0.3 is 0 Å². The Balaban J connectivity index is 1.79. The Morgan fingerprint density at radius 2 is 1.71 bits per heavy atom. The summed E-state index contributed by atoms with van der Waals surface area (Å²) in [6.07, 6.45) is 0. The van der Waals surface area contributed by atoms with Crippen molar-refractivity contribution in [1.29, 1.82) is 0 Å². The van der Waals surface area contributed by atoms with E-state index < -0.39 is 0 Å². The Labute approximate surface area is 150 Å². The topological polar surface area (TPSA) is 67.4 Å². The number of Topliss-reactive ketones (excluding diaryl/α,β-unsaturated/α-hetero) is 1. The van der Waals surface area contributed by atoms with Gasteiger partial charge in [0, 0.05) is 16.3 Å². The van der Waals surface area contributed by atoms with Crippen LogP contribution in [0.3, 0.4) is 0 Å². The highest BCUT2D eigenvalue weighted by Gasteiger charge is 2.07. The van der Waals surface area contributed by atoms with Crippen LogP contribution in [0, 0.1) is 0 Å². The maximum absolute atomic E-state index is 11.8. The molecule has 1 amide bonds. The average Bonchev–Trinajstić information content (AvgIpc) is 2.54. The second-order valence-electron chi connectivity index (χ2n) is 4.88. The first-order valence-corrected chi connectivity index (χ1v) is 7.83. The standard InChI is InChI=1S/C17H15ClN2O3S/c1-11(21)12-2-6-14(7-3-12)19-17(24)20-16(22)10-23-15-8-4-13(18)5-9-15/h2-9H,10H2,1H3,(H2,19,20,22,24). The summed E-state index contributed by atoms with van der Waals surface area (Å²) in [5, 5.41) is 6.11. The van der Waals surface area contributed by atoms with Crippen molar-refractivity contribution in [3.63, 3.8) is 0 Å². The van der Waals surface area contributed by atoms with E-state index >= 15 is 0 Å². The molecule has 0 bridgehead atoms. The van der Waals surface area contributed by atoms with E-state index in [9.17, 15) is 9.59 Å². The molecule has 0 radical (unpaired) electrons. The number of benzene rings is 2. The van der Waals surface area contributed by atoms with E-state index in [0.29, 0.717) is 22.0 Å². The monoisotopic (exact) mass is 362 g/mol. The first-order valence-electron chi connectivity index (χ1n) is 7.04. The minimum Gasteiger partial charge on any atom is -0.484 e. The number of nitrogens with one attached hydrogen (secondary N) is 2. The molecule has 2 aromatic rings. The zero-order valence-corrected chi connectivity index (χ0v) is 14.4. The van der Waals surface area contributed by atoms with Crippen molar-refractivity contribution in [3.05, 3.63) is 59.1 Å². The molecule has 2 rings (SSSR count). The molecule has 0 aliphatic rings. The minimum atomic E-state index is -0.386. The first-order chi connectivity index (χ1) is 11.4. The van der Waals surface area contributed by atoms with Crippen LogP contribution in [0.25, 0.3) is 0 Å². The molecule has 0 aliphatic heterocycles. The van der Waals surface area contributed by atoms with Gasteiger partial charge in [-0.2, -0.15) is 0 Å². The fourth-order valence-electron chi connectivity index (χ4n) is 1.79. The van der Waals surface area contributed by atoms with Gasteiger partial charge in [0.2, 0.25) is 0 Å². The van der Waals surface area contributed by atoms with Crippen LogP contribution in [-0.2, 0) is 4.79 Å². The van der Waals surface area contributed by atoms with Gasteiger partial charge in [-0.1, -0.05) is 11.6 Å². The summed E-state index contributed by atoms with van der Waals surface area (Å²) in [5.74, 6) is 0.132. The predicted octanol–water partition coefficient (Wildman–Crippen LogP) is 3.43. The summed E-state index contributed by atoms with van der Waals surface area (Å²) in [6.45, 7) is 1.32. The molecule has 2 aromatic carbocycles.